The van der Waals surface area contributed by atoms with Crippen molar-refractivity contribution in [3.05, 3.63) is 21.4 Å². The third kappa shape index (κ3) is 4.07. The highest BCUT2D eigenvalue weighted by molar-refractivity contribution is 7.12. The number of aryl methyl sites for hydroxylation is 2. The molecule has 1 aliphatic heterocycles. The Kier molecular flexibility index (Phi) is 4.98. The van der Waals surface area contributed by atoms with Crippen molar-refractivity contribution in [3.8, 4) is 0 Å². The Morgan fingerprint density at radius 3 is 3.06 bits per heavy atom. The molecular weight excluding hydrogens is 232 g/mol. The summed E-state index contributed by atoms with van der Waals surface area (Å²) in [6.45, 7) is 9.23. The van der Waals surface area contributed by atoms with E-state index >= 15 is 0 Å². The van der Waals surface area contributed by atoms with Crippen LogP contribution < -0.4 is 10.6 Å². The molecule has 4 heteroatoms. The van der Waals surface area contributed by atoms with Crippen molar-refractivity contribution in [2.45, 2.75) is 32.9 Å². The smallest absolute Gasteiger partial charge is 0.0712 e. The van der Waals surface area contributed by atoms with E-state index in [0.717, 1.165) is 39.2 Å². The summed E-state index contributed by atoms with van der Waals surface area (Å²) in [7, 11) is 0. The van der Waals surface area contributed by atoms with Crippen molar-refractivity contribution in [1.82, 2.24) is 10.6 Å². The SMILES string of the molecule is Cc1cc(CNCCC2CNCCO2)sc1C. The number of hydrogen-bond donors (Lipinski definition) is 2. The molecule has 2 heterocycles. The van der Waals surface area contributed by atoms with Gasteiger partial charge in [0.2, 0.25) is 0 Å². The molecule has 96 valence electrons. The molecule has 1 fully saturated rings. The van der Waals surface area contributed by atoms with Crippen molar-refractivity contribution in [2.24, 2.45) is 0 Å². The summed E-state index contributed by atoms with van der Waals surface area (Å²) in [5, 5.41) is 6.85. The number of hydrogen-bond acceptors (Lipinski definition) is 4. The first-order valence-electron chi connectivity index (χ1n) is 6.34. The van der Waals surface area contributed by atoms with Crippen LogP contribution in [0.4, 0.5) is 0 Å². The number of thiophene rings is 1. The van der Waals surface area contributed by atoms with Crippen LogP contribution in [0.2, 0.25) is 0 Å². The van der Waals surface area contributed by atoms with E-state index in [1.807, 2.05) is 11.3 Å². The second-order valence-corrected chi connectivity index (χ2v) is 5.96. The largest absolute Gasteiger partial charge is 0.376 e. The number of ether oxygens (including phenoxy) is 1. The van der Waals surface area contributed by atoms with Crippen LogP contribution in [0.5, 0.6) is 0 Å². The average Bonchev–Trinajstić information content (AvgIpc) is 2.66. The van der Waals surface area contributed by atoms with Gasteiger partial charge in [-0.25, -0.2) is 0 Å². The van der Waals surface area contributed by atoms with E-state index in [4.69, 9.17) is 4.74 Å². The zero-order chi connectivity index (χ0) is 12.1. The predicted octanol–water partition coefficient (Wildman–Crippen LogP) is 1.83. The average molecular weight is 254 g/mol. The van der Waals surface area contributed by atoms with Gasteiger partial charge in [-0.3, -0.25) is 0 Å². The Morgan fingerprint density at radius 2 is 2.41 bits per heavy atom. The summed E-state index contributed by atoms with van der Waals surface area (Å²) in [4.78, 5) is 2.87. The van der Waals surface area contributed by atoms with Gasteiger partial charge >= 0.3 is 0 Å². The first-order chi connectivity index (χ1) is 8.25. The minimum Gasteiger partial charge on any atom is -0.376 e. The molecule has 0 saturated carbocycles. The molecule has 17 heavy (non-hydrogen) atoms. The molecule has 2 rings (SSSR count). The summed E-state index contributed by atoms with van der Waals surface area (Å²) in [6.07, 6.45) is 1.49. The Hall–Kier alpha value is -0.420. The monoisotopic (exact) mass is 254 g/mol. The quantitative estimate of drug-likeness (QED) is 0.787. The zero-order valence-corrected chi connectivity index (χ0v) is 11.5. The van der Waals surface area contributed by atoms with E-state index in [-0.39, 0.29) is 0 Å². The van der Waals surface area contributed by atoms with Gasteiger partial charge in [-0.05, 0) is 38.4 Å². The fourth-order valence-electron chi connectivity index (χ4n) is 2.02. The van der Waals surface area contributed by atoms with Crippen molar-refractivity contribution in [3.63, 3.8) is 0 Å². The maximum atomic E-state index is 5.65. The maximum Gasteiger partial charge on any atom is 0.0712 e. The molecule has 1 aromatic rings. The van der Waals surface area contributed by atoms with Crippen molar-refractivity contribution in [2.75, 3.05) is 26.2 Å². The molecule has 1 saturated heterocycles. The van der Waals surface area contributed by atoms with Crippen molar-refractivity contribution < 1.29 is 4.74 Å². The molecular formula is C13H22N2OS. The Bertz CT molecular complexity index is 326. The van der Waals surface area contributed by atoms with Crippen LogP contribution in [0.1, 0.15) is 21.7 Å². The van der Waals surface area contributed by atoms with Crippen molar-refractivity contribution >= 4 is 11.3 Å². The molecule has 1 atom stereocenters. The highest BCUT2D eigenvalue weighted by atomic mass is 32.1. The van der Waals surface area contributed by atoms with Crippen LogP contribution in [0.15, 0.2) is 6.07 Å². The van der Waals surface area contributed by atoms with Crippen LogP contribution in [-0.2, 0) is 11.3 Å². The van der Waals surface area contributed by atoms with E-state index in [0.29, 0.717) is 6.10 Å². The van der Waals surface area contributed by atoms with Crippen LogP contribution in [-0.4, -0.2) is 32.3 Å². The lowest BCUT2D eigenvalue weighted by Gasteiger charge is -2.23. The predicted molar refractivity (Wildman–Crippen MR) is 72.7 cm³/mol. The summed E-state index contributed by atoms with van der Waals surface area (Å²) in [5.74, 6) is 0. The van der Waals surface area contributed by atoms with Crippen LogP contribution in [0.3, 0.4) is 0 Å². The molecule has 1 aliphatic rings. The first kappa shape index (κ1) is 13.0. The third-order valence-corrected chi connectivity index (χ3v) is 4.32. The van der Waals surface area contributed by atoms with Gasteiger partial charge in [-0.1, -0.05) is 0 Å². The summed E-state index contributed by atoms with van der Waals surface area (Å²) >= 11 is 1.89. The van der Waals surface area contributed by atoms with Gasteiger partial charge in [0.25, 0.3) is 0 Å². The molecule has 1 unspecified atom stereocenters. The second-order valence-electron chi connectivity index (χ2n) is 4.61. The number of morpholine rings is 1. The highest BCUT2D eigenvalue weighted by Gasteiger charge is 2.12. The Morgan fingerprint density at radius 1 is 1.53 bits per heavy atom. The van der Waals surface area contributed by atoms with Crippen LogP contribution >= 0.6 is 11.3 Å². The van der Waals surface area contributed by atoms with E-state index in [2.05, 4.69) is 30.5 Å². The molecule has 0 spiro atoms. The summed E-state index contributed by atoms with van der Waals surface area (Å²) < 4.78 is 5.65. The Labute approximate surface area is 108 Å². The van der Waals surface area contributed by atoms with E-state index < -0.39 is 0 Å². The summed E-state index contributed by atoms with van der Waals surface area (Å²) in [5.41, 5.74) is 1.41. The fourth-order valence-corrected chi connectivity index (χ4v) is 3.04. The summed E-state index contributed by atoms with van der Waals surface area (Å²) in [6, 6.07) is 2.28. The van der Waals surface area contributed by atoms with Crippen molar-refractivity contribution in [1.29, 1.82) is 0 Å². The van der Waals surface area contributed by atoms with Gasteiger partial charge in [0, 0.05) is 29.4 Å². The minimum atomic E-state index is 0.392. The lowest BCUT2D eigenvalue weighted by Crippen LogP contribution is -2.39. The molecule has 0 amide bonds. The molecule has 1 aromatic heterocycles. The Balaban J connectivity index is 1.62. The van der Waals surface area contributed by atoms with Crippen LogP contribution in [0.25, 0.3) is 0 Å². The topological polar surface area (TPSA) is 33.3 Å². The third-order valence-electron chi connectivity index (χ3n) is 3.16. The van der Waals surface area contributed by atoms with E-state index in [9.17, 15) is 0 Å². The lowest BCUT2D eigenvalue weighted by molar-refractivity contribution is 0.0238. The molecule has 3 nitrogen and oxygen atoms in total. The molecule has 0 bridgehead atoms. The molecule has 2 N–H and O–H groups in total. The maximum absolute atomic E-state index is 5.65. The van der Waals surface area contributed by atoms with Gasteiger partial charge in [-0.2, -0.15) is 0 Å². The minimum absolute atomic E-state index is 0.392. The molecule has 0 aliphatic carbocycles. The zero-order valence-electron chi connectivity index (χ0n) is 10.7. The molecule has 0 aromatic carbocycles. The normalized spacial score (nSPS) is 20.7. The van der Waals surface area contributed by atoms with Gasteiger partial charge in [0.15, 0.2) is 0 Å². The second kappa shape index (κ2) is 6.50. The van der Waals surface area contributed by atoms with Gasteiger partial charge < -0.3 is 15.4 Å². The number of rotatable bonds is 5. The van der Waals surface area contributed by atoms with Gasteiger partial charge in [-0.15, -0.1) is 11.3 Å². The number of nitrogens with one attached hydrogen (secondary N) is 2. The first-order valence-corrected chi connectivity index (χ1v) is 7.16. The standard InChI is InChI=1S/C13H22N2OS/c1-10-7-13(17-11(10)2)9-14-4-3-12-8-15-5-6-16-12/h7,12,14-15H,3-6,8-9H2,1-2H3. The molecule has 0 radical (unpaired) electrons. The van der Waals surface area contributed by atoms with Gasteiger partial charge in [0.05, 0.1) is 12.7 Å². The van der Waals surface area contributed by atoms with Gasteiger partial charge in [0.1, 0.15) is 0 Å². The highest BCUT2D eigenvalue weighted by Crippen LogP contribution is 2.20. The van der Waals surface area contributed by atoms with E-state index in [1.165, 1.54) is 15.3 Å². The van der Waals surface area contributed by atoms with Crippen LogP contribution in [0, 0.1) is 13.8 Å². The fraction of sp³-hybridized carbons (Fsp3) is 0.692. The lowest BCUT2D eigenvalue weighted by atomic mass is 10.2. The van der Waals surface area contributed by atoms with E-state index in [1.54, 1.807) is 0 Å².